The lowest BCUT2D eigenvalue weighted by Crippen LogP contribution is -2.01. The molecule has 0 radical (unpaired) electrons. The summed E-state index contributed by atoms with van der Waals surface area (Å²) in [5.74, 6) is -0.428. The maximum absolute atomic E-state index is 11.0. The van der Waals surface area contributed by atoms with Crippen LogP contribution in [0.5, 0.6) is 5.75 Å². The molecule has 2 rings (SSSR count). The van der Waals surface area contributed by atoms with E-state index in [-0.39, 0.29) is 5.69 Å². The number of nitrogens with zero attached hydrogens (tertiary/aromatic N) is 1. The number of aromatic nitrogens is 1. The SMILES string of the molecule is COc1ccc(Br)c2c(C(=O)O)nccc12. The summed E-state index contributed by atoms with van der Waals surface area (Å²) in [6.45, 7) is 0. The van der Waals surface area contributed by atoms with Gasteiger partial charge in [0.15, 0.2) is 5.69 Å². The summed E-state index contributed by atoms with van der Waals surface area (Å²) >= 11 is 3.32. The van der Waals surface area contributed by atoms with Gasteiger partial charge < -0.3 is 9.84 Å². The first-order valence-electron chi connectivity index (χ1n) is 4.49. The molecule has 0 unspecified atom stereocenters. The van der Waals surface area contributed by atoms with E-state index < -0.39 is 5.97 Å². The van der Waals surface area contributed by atoms with Crippen LogP contribution in [0.3, 0.4) is 0 Å². The standard InChI is InChI=1S/C11H8BrNO3/c1-16-8-3-2-7(12)9-6(8)4-5-13-10(9)11(14)15/h2-5H,1H3,(H,14,15). The molecule has 1 aromatic heterocycles. The van der Waals surface area contributed by atoms with Gasteiger partial charge in [0.2, 0.25) is 0 Å². The summed E-state index contributed by atoms with van der Waals surface area (Å²) in [5.41, 5.74) is 0.0169. The zero-order chi connectivity index (χ0) is 11.7. The minimum absolute atomic E-state index is 0.0169. The molecule has 82 valence electrons. The lowest BCUT2D eigenvalue weighted by Gasteiger charge is -2.08. The number of carboxylic acids is 1. The van der Waals surface area contributed by atoms with Crippen molar-refractivity contribution in [1.29, 1.82) is 0 Å². The number of hydrogen-bond donors (Lipinski definition) is 1. The molecule has 0 spiro atoms. The molecule has 16 heavy (non-hydrogen) atoms. The predicted molar refractivity (Wildman–Crippen MR) is 63.0 cm³/mol. The summed E-state index contributed by atoms with van der Waals surface area (Å²) in [4.78, 5) is 14.9. The number of rotatable bonds is 2. The third kappa shape index (κ3) is 1.63. The Morgan fingerprint density at radius 3 is 2.81 bits per heavy atom. The van der Waals surface area contributed by atoms with Gasteiger partial charge in [-0.05, 0) is 18.2 Å². The van der Waals surface area contributed by atoms with Gasteiger partial charge in [-0.25, -0.2) is 9.78 Å². The van der Waals surface area contributed by atoms with Crippen LogP contribution in [0.15, 0.2) is 28.9 Å². The van der Waals surface area contributed by atoms with Crippen molar-refractivity contribution in [3.05, 3.63) is 34.6 Å². The van der Waals surface area contributed by atoms with Gasteiger partial charge in [0.1, 0.15) is 5.75 Å². The van der Waals surface area contributed by atoms with Gasteiger partial charge in [0, 0.05) is 21.4 Å². The Kier molecular flexibility index (Phi) is 2.78. The van der Waals surface area contributed by atoms with Crippen LogP contribution in [0.2, 0.25) is 0 Å². The summed E-state index contributed by atoms with van der Waals surface area (Å²) in [7, 11) is 1.55. The van der Waals surface area contributed by atoms with Gasteiger partial charge >= 0.3 is 5.97 Å². The molecule has 0 saturated heterocycles. The van der Waals surface area contributed by atoms with E-state index in [2.05, 4.69) is 20.9 Å². The molecule has 0 saturated carbocycles. The van der Waals surface area contributed by atoms with E-state index in [4.69, 9.17) is 9.84 Å². The molecule has 0 aliphatic heterocycles. The Labute approximate surface area is 100.0 Å². The summed E-state index contributed by atoms with van der Waals surface area (Å²) in [6, 6.07) is 5.25. The minimum atomic E-state index is -1.06. The van der Waals surface area contributed by atoms with E-state index in [9.17, 15) is 4.79 Å². The average molecular weight is 282 g/mol. The van der Waals surface area contributed by atoms with Crippen molar-refractivity contribution < 1.29 is 14.6 Å². The van der Waals surface area contributed by atoms with Crippen LogP contribution in [0.1, 0.15) is 10.5 Å². The fourth-order valence-corrected chi connectivity index (χ4v) is 2.10. The van der Waals surface area contributed by atoms with Crippen molar-refractivity contribution in [2.24, 2.45) is 0 Å². The maximum atomic E-state index is 11.0. The number of aromatic carboxylic acids is 1. The van der Waals surface area contributed by atoms with Crippen LogP contribution >= 0.6 is 15.9 Å². The smallest absolute Gasteiger partial charge is 0.355 e. The molecule has 5 heteroatoms. The first kappa shape index (κ1) is 10.9. The number of hydrogen-bond acceptors (Lipinski definition) is 3. The largest absolute Gasteiger partial charge is 0.496 e. The lowest BCUT2D eigenvalue weighted by molar-refractivity contribution is 0.0693. The fourth-order valence-electron chi connectivity index (χ4n) is 1.57. The predicted octanol–water partition coefficient (Wildman–Crippen LogP) is 2.70. The van der Waals surface area contributed by atoms with Gasteiger partial charge in [-0.15, -0.1) is 0 Å². The molecule has 1 heterocycles. The van der Waals surface area contributed by atoms with Crippen LogP contribution in [-0.2, 0) is 0 Å². The summed E-state index contributed by atoms with van der Waals surface area (Å²) in [5, 5.41) is 10.3. The molecular weight excluding hydrogens is 274 g/mol. The lowest BCUT2D eigenvalue weighted by atomic mass is 10.1. The van der Waals surface area contributed by atoms with Crippen molar-refractivity contribution in [3.63, 3.8) is 0 Å². The normalized spacial score (nSPS) is 10.4. The molecule has 4 nitrogen and oxygen atoms in total. The van der Waals surface area contributed by atoms with E-state index >= 15 is 0 Å². The molecule has 1 aromatic carbocycles. The third-order valence-corrected chi connectivity index (χ3v) is 2.92. The van der Waals surface area contributed by atoms with E-state index in [1.807, 2.05) is 0 Å². The minimum Gasteiger partial charge on any atom is -0.496 e. The van der Waals surface area contributed by atoms with Crippen LogP contribution in [0, 0.1) is 0 Å². The van der Waals surface area contributed by atoms with Crippen molar-refractivity contribution in [2.75, 3.05) is 7.11 Å². The number of methoxy groups -OCH3 is 1. The quantitative estimate of drug-likeness (QED) is 0.920. The highest BCUT2D eigenvalue weighted by atomic mass is 79.9. The molecule has 0 fully saturated rings. The Morgan fingerprint density at radius 1 is 1.44 bits per heavy atom. The first-order chi connectivity index (χ1) is 7.65. The molecule has 0 atom stereocenters. The second kappa shape index (κ2) is 4.09. The van der Waals surface area contributed by atoms with Crippen LogP contribution in [0.4, 0.5) is 0 Å². The summed E-state index contributed by atoms with van der Waals surface area (Å²) < 4.78 is 5.86. The highest BCUT2D eigenvalue weighted by Crippen LogP contribution is 2.32. The number of benzene rings is 1. The first-order valence-corrected chi connectivity index (χ1v) is 5.29. The van der Waals surface area contributed by atoms with E-state index in [1.165, 1.54) is 6.20 Å². The number of ether oxygens (including phenoxy) is 1. The number of carbonyl (C=O) groups is 1. The molecule has 1 N–H and O–H groups in total. The maximum Gasteiger partial charge on any atom is 0.355 e. The third-order valence-electron chi connectivity index (χ3n) is 2.26. The summed E-state index contributed by atoms with van der Waals surface area (Å²) in [6.07, 6.45) is 1.46. The van der Waals surface area contributed by atoms with Crippen LogP contribution in [-0.4, -0.2) is 23.2 Å². The van der Waals surface area contributed by atoms with Crippen molar-refractivity contribution >= 4 is 32.7 Å². The van der Waals surface area contributed by atoms with Crippen LogP contribution < -0.4 is 4.74 Å². The van der Waals surface area contributed by atoms with Crippen molar-refractivity contribution in [2.45, 2.75) is 0 Å². The van der Waals surface area contributed by atoms with Gasteiger partial charge in [-0.2, -0.15) is 0 Å². The molecule has 0 bridgehead atoms. The highest BCUT2D eigenvalue weighted by Gasteiger charge is 2.14. The zero-order valence-electron chi connectivity index (χ0n) is 8.40. The Morgan fingerprint density at radius 2 is 2.19 bits per heavy atom. The van der Waals surface area contributed by atoms with Crippen LogP contribution in [0.25, 0.3) is 10.8 Å². The van der Waals surface area contributed by atoms with E-state index in [0.29, 0.717) is 15.6 Å². The van der Waals surface area contributed by atoms with Gasteiger partial charge in [-0.3, -0.25) is 0 Å². The molecule has 0 aliphatic rings. The number of pyridine rings is 1. The Hall–Kier alpha value is -1.62. The van der Waals surface area contributed by atoms with Gasteiger partial charge in [0.25, 0.3) is 0 Å². The molecule has 0 aliphatic carbocycles. The Bertz CT molecular complexity index is 568. The molecule has 2 aromatic rings. The van der Waals surface area contributed by atoms with Gasteiger partial charge in [0.05, 0.1) is 7.11 Å². The van der Waals surface area contributed by atoms with Crippen molar-refractivity contribution in [3.8, 4) is 5.75 Å². The monoisotopic (exact) mass is 281 g/mol. The fraction of sp³-hybridized carbons (Fsp3) is 0.0909. The second-order valence-electron chi connectivity index (χ2n) is 3.14. The molecule has 0 amide bonds. The average Bonchev–Trinajstić information content (AvgIpc) is 2.29. The topological polar surface area (TPSA) is 59.4 Å². The second-order valence-corrected chi connectivity index (χ2v) is 3.99. The van der Waals surface area contributed by atoms with Gasteiger partial charge in [-0.1, -0.05) is 15.9 Å². The van der Waals surface area contributed by atoms with Crippen molar-refractivity contribution in [1.82, 2.24) is 4.98 Å². The van der Waals surface area contributed by atoms with E-state index in [0.717, 1.165) is 5.39 Å². The highest BCUT2D eigenvalue weighted by molar-refractivity contribution is 9.10. The molecular formula is C11H8BrNO3. The number of halogens is 1. The Balaban J connectivity index is 2.91. The van der Waals surface area contributed by atoms with E-state index in [1.54, 1.807) is 25.3 Å². The zero-order valence-corrected chi connectivity index (χ0v) is 9.98. The number of carboxylic acid groups (broad SMARTS) is 1. The number of fused-ring (bicyclic) bond motifs is 1.